The molecule has 94 valence electrons. The van der Waals surface area contributed by atoms with Gasteiger partial charge in [0.2, 0.25) is 0 Å². The fourth-order valence-corrected chi connectivity index (χ4v) is 2.88. The minimum Gasteiger partial charge on any atom is -0.485 e. The molecule has 1 heterocycles. The number of allylic oxidation sites excluding steroid dienone is 3. The van der Waals surface area contributed by atoms with Gasteiger partial charge >= 0.3 is 0 Å². The van der Waals surface area contributed by atoms with Crippen molar-refractivity contribution in [3.8, 4) is 0 Å². The zero-order chi connectivity index (χ0) is 12.3. The predicted octanol–water partition coefficient (Wildman–Crippen LogP) is 4.91. The Morgan fingerprint density at radius 1 is 1.00 bits per heavy atom. The number of hydrogen-bond acceptors (Lipinski definition) is 1. The minimum absolute atomic E-state index is 0.363. The summed E-state index contributed by atoms with van der Waals surface area (Å²) in [7, 11) is 0. The van der Waals surface area contributed by atoms with Crippen LogP contribution >= 0.6 is 0 Å². The van der Waals surface area contributed by atoms with Crippen molar-refractivity contribution in [3.05, 3.63) is 34.6 Å². The molecule has 0 aromatic rings. The monoisotopic (exact) mass is 232 g/mol. The number of rotatable bonds is 6. The lowest BCUT2D eigenvalue weighted by Gasteiger charge is -2.14. The molecule has 1 heteroatoms. The first-order valence-corrected chi connectivity index (χ1v) is 7.13. The van der Waals surface area contributed by atoms with Crippen molar-refractivity contribution in [2.24, 2.45) is 0 Å². The quantitative estimate of drug-likeness (QED) is 0.632. The maximum atomic E-state index is 6.10. The lowest BCUT2D eigenvalue weighted by molar-refractivity contribution is 0.161. The molecule has 0 radical (unpaired) electrons. The molecule has 2 aliphatic rings. The molecule has 0 saturated carbocycles. The van der Waals surface area contributed by atoms with Gasteiger partial charge in [-0.3, -0.25) is 0 Å². The predicted molar refractivity (Wildman–Crippen MR) is 72.8 cm³/mol. The van der Waals surface area contributed by atoms with Crippen LogP contribution in [0.25, 0.3) is 0 Å². The molecule has 1 atom stereocenters. The third-order valence-corrected chi connectivity index (χ3v) is 3.57. The minimum atomic E-state index is 0.363. The van der Waals surface area contributed by atoms with E-state index in [9.17, 15) is 0 Å². The molecular weight excluding hydrogens is 208 g/mol. The van der Waals surface area contributed by atoms with E-state index in [-0.39, 0.29) is 0 Å². The van der Waals surface area contributed by atoms with Crippen LogP contribution in [-0.2, 0) is 4.74 Å². The molecule has 0 amide bonds. The zero-order valence-electron chi connectivity index (χ0n) is 11.4. The molecule has 0 aromatic carbocycles. The Morgan fingerprint density at radius 3 is 2.41 bits per heavy atom. The Balaban J connectivity index is 2.25. The van der Waals surface area contributed by atoms with Crippen LogP contribution in [-0.4, -0.2) is 6.10 Å². The molecule has 17 heavy (non-hydrogen) atoms. The van der Waals surface area contributed by atoms with Crippen molar-refractivity contribution in [1.82, 2.24) is 0 Å². The third-order valence-electron chi connectivity index (χ3n) is 3.57. The van der Waals surface area contributed by atoms with Crippen LogP contribution in [0.3, 0.4) is 0 Å². The number of ether oxygens (including phenoxy) is 1. The highest BCUT2D eigenvalue weighted by Gasteiger charge is 2.32. The van der Waals surface area contributed by atoms with E-state index in [1.807, 2.05) is 0 Å². The lowest BCUT2D eigenvalue weighted by Crippen LogP contribution is -2.09. The summed E-state index contributed by atoms with van der Waals surface area (Å²) in [5.41, 5.74) is 4.54. The molecule has 1 nitrogen and oxygen atoms in total. The van der Waals surface area contributed by atoms with Gasteiger partial charge in [-0.15, -0.1) is 0 Å². The molecule has 0 saturated heterocycles. The summed E-state index contributed by atoms with van der Waals surface area (Å²) >= 11 is 0. The first-order valence-electron chi connectivity index (χ1n) is 7.13. The molecular formula is C16H24O. The molecule has 1 unspecified atom stereocenters. The van der Waals surface area contributed by atoms with E-state index >= 15 is 0 Å². The lowest BCUT2D eigenvalue weighted by atomic mass is 9.93. The van der Waals surface area contributed by atoms with Gasteiger partial charge in [-0.2, -0.15) is 0 Å². The number of hydrogen-bond donors (Lipinski definition) is 0. The fourth-order valence-electron chi connectivity index (χ4n) is 2.88. The summed E-state index contributed by atoms with van der Waals surface area (Å²) in [4.78, 5) is 0. The van der Waals surface area contributed by atoms with E-state index in [0.717, 1.165) is 12.2 Å². The van der Waals surface area contributed by atoms with Crippen LogP contribution in [0.2, 0.25) is 0 Å². The summed E-state index contributed by atoms with van der Waals surface area (Å²) < 4.78 is 6.10. The van der Waals surface area contributed by atoms with Gasteiger partial charge in [-0.05, 0) is 36.5 Å². The molecule has 0 spiro atoms. The second kappa shape index (κ2) is 5.57. The van der Waals surface area contributed by atoms with Crippen molar-refractivity contribution in [2.75, 3.05) is 0 Å². The highest BCUT2D eigenvalue weighted by atomic mass is 16.5. The maximum Gasteiger partial charge on any atom is 0.127 e. The van der Waals surface area contributed by atoms with Crippen LogP contribution in [0.4, 0.5) is 0 Å². The Kier molecular flexibility index (Phi) is 4.09. The topological polar surface area (TPSA) is 9.23 Å². The summed E-state index contributed by atoms with van der Waals surface area (Å²) in [5.74, 6) is 1.15. The Morgan fingerprint density at radius 2 is 1.76 bits per heavy atom. The third kappa shape index (κ3) is 2.34. The summed E-state index contributed by atoms with van der Waals surface area (Å²) in [6.07, 6.45) is 12.0. The maximum absolute atomic E-state index is 6.10. The van der Waals surface area contributed by atoms with Gasteiger partial charge in [0.15, 0.2) is 0 Å². The second-order valence-electron chi connectivity index (χ2n) is 5.02. The van der Waals surface area contributed by atoms with Crippen LogP contribution in [0.5, 0.6) is 0 Å². The summed E-state index contributed by atoms with van der Waals surface area (Å²) in [6, 6.07) is 0. The Labute approximate surface area is 105 Å². The highest BCUT2D eigenvalue weighted by Crippen LogP contribution is 2.43. The van der Waals surface area contributed by atoms with Gasteiger partial charge in [-0.25, -0.2) is 0 Å². The molecule has 2 rings (SSSR count). The standard InChI is InChI=1S/C16H24O/c1-4-7-12-10-11-15-16(12)13(8-5-2)14(17-15)9-6-3/h10-11,14H,4-9H2,1-3H3. The molecule has 0 N–H and O–H groups in total. The van der Waals surface area contributed by atoms with Crippen LogP contribution in [0.15, 0.2) is 34.6 Å². The Bertz CT molecular complexity index is 371. The average Bonchev–Trinajstić information content (AvgIpc) is 2.83. The van der Waals surface area contributed by atoms with E-state index in [1.165, 1.54) is 43.3 Å². The molecule has 0 bridgehead atoms. The number of fused-ring (bicyclic) bond motifs is 1. The van der Waals surface area contributed by atoms with Crippen molar-refractivity contribution in [3.63, 3.8) is 0 Å². The molecule has 1 aliphatic heterocycles. The van der Waals surface area contributed by atoms with Crippen LogP contribution in [0.1, 0.15) is 59.3 Å². The zero-order valence-corrected chi connectivity index (χ0v) is 11.4. The van der Waals surface area contributed by atoms with Gasteiger partial charge in [0, 0.05) is 5.57 Å². The molecule has 1 aliphatic carbocycles. The van der Waals surface area contributed by atoms with E-state index in [0.29, 0.717) is 6.10 Å². The van der Waals surface area contributed by atoms with Crippen molar-refractivity contribution in [1.29, 1.82) is 0 Å². The van der Waals surface area contributed by atoms with E-state index < -0.39 is 0 Å². The summed E-state index contributed by atoms with van der Waals surface area (Å²) in [5, 5.41) is 0. The van der Waals surface area contributed by atoms with E-state index in [1.54, 1.807) is 5.57 Å². The smallest absolute Gasteiger partial charge is 0.127 e. The molecule has 0 fully saturated rings. The second-order valence-corrected chi connectivity index (χ2v) is 5.02. The van der Waals surface area contributed by atoms with Crippen LogP contribution in [0, 0.1) is 0 Å². The summed E-state index contributed by atoms with van der Waals surface area (Å²) in [6.45, 7) is 6.75. The fraction of sp³-hybridized carbons (Fsp3) is 0.625. The van der Waals surface area contributed by atoms with Crippen molar-refractivity contribution in [2.45, 2.75) is 65.4 Å². The first kappa shape index (κ1) is 12.5. The largest absolute Gasteiger partial charge is 0.485 e. The van der Waals surface area contributed by atoms with Crippen LogP contribution < -0.4 is 0 Å². The van der Waals surface area contributed by atoms with E-state index in [2.05, 4.69) is 32.9 Å². The van der Waals surface area contributed by atoms with Gasteiger partial charge in [0.1, 0.15) is 11.9 Å². The molecule has 0 aromatic heterocycles. The van der Waals surface area contributed by atoms with Crippen molar-refractivity contribution < 1.29 is 4.74 Å². The SMILES string of the molecule is CCCC1=CC=C2OC(CCC)C(CCC)=C12. The Hall–Kier alpha value is -0.980. The van der Waals surface area contributed by atoms with E-state index in [4.69, 9.17) is 4.74 Å². The van der Waals surface area contributed by atoms with Gasteiger partial charge < -0.3 is 4.74 Å². The first-order chi connectivity index (χ1) is 8.31. The van der Waals surface area contributed by atoms with Gasteiger partial charge in [-0.1, -0.05) is 46.1 Å². The average molecular weight is 232 g/mol. The normalized spacial score (nSPS) is 22.4. The van der Waals surface area contributed by atoms with Gasteiger partial charge in [0.05, 0.1) is 0 Å². The highest BCUT2D eigenvalue weighted by molar-refractivity contribution is 5.58. The van der Waals surface area contributed by atoms with Gasteiger partial charge in [0.25, 0.3) is 0 Å². The van der Waals surface area contributed by atoms with Crippen molar-refractivity contribution >= 4 is 0 Å².